The predicted molar refractivity (Wildman–Crippen MR) is 43.3 cm³/mol. The smallest absolute Gasteiger partial charge is 0.0910 e. The topological polar surface area (TPSA) is 38.0 Å². The van der Waals surface area contributed by atoms with E-state index in [1.165, 1.54) is 0 Å². The number of rotatable bonds is 2. The zero-order valence-corrected chi connectivity index (χ0v) is 7.26. The van der Waals surface area contributed by atoms with Gasteiger partial charge in [0, 0.05) is 12.2 Å². The lowest BCUT2D eigenvalue weighted by atomic mass is 10.2. The number of hydrogen-bond acceptors (Lipinski definition) is 2. The maximum atomic E-state index is 8.88. The van der Waals surface area contributed by atoms with Crippen LogP contribution >= 0.6 is 0 Å². The van der Waals surface area contributed by atoms with E-state index in [-0.39, 0.29) is 6.61 Å². The second kappa shape index (κ2) is 3.05. The lowest BCUT2D eigenvalue weighted by molar-refractivity contribution is 0.274. The van der Waals surface area contributed by atoms with Gasteiger partial charge in [0.15, 0.2) is 0 Å². The average molecular weight is 154 g/mol. The van der Waals surface area contributed by atoms with Crippen LogP contribution in [0.15, 0.2) is 0 Å². The molecule has 0 amide bonds. The highest BCUT2D eigenvalue weighted by Gasteiger charge is 2.07. The molecule has 0 aromatic carbocycles. The van der Waals surface area contributed by atoms with Crippen molar-refractivity contribution >= 4 is 0 Å². The number of aryl methyl sites for hydroxylation is 1. The van der Waals surface area contributed by atoms with Gasteiger partial charge in [-0.05, 0) is 26.3 Å². The Morgan fingerprint density at radius 3 is 2.36 bits per heavy atom. The summed E-state index contributed by atoms with van der Waals surface area (Å²) in [6, 6.07) is 0. The normalized spacial score (nSPS) is 10.5. The lowest BCUT2D eigenvalue weighted by Crippen LogP contribution is -1.99. The molecule has 0 atom stereocenters. The van der Waals surface area contributed by atoms with Crippen molar-refractivity contribution in [1.82, 2.24) is 9.78 Å². The summed E-state index contributed by atoms with van der Waals surface area (Å²) in [4.78, 5) is 0. The first-order valence-electron chi connectivity index (χ1n) is 3.84. The molecule has 62 valence electrons. The fourth-order valence-corrected chi connectivity index (χ4v) is 1.16. The van der Waals surface area contributed by atoms with E-state index in [2.05, 4.69) is 5.10 Å². The number of aromatic nitrogens is 2. The van der Waals surface area contributed by atoms with Crippen LogP contribution in [0.25, 0.3) is 0 Å². The van der Waals surface area contributed by atoms with Crippen molar-refractivity contribution < 1.29 is 5.11 Å². The Balaban J connectivity index is 3.12. The van der Waals surface area contributed by atoms with Crippen LogP contribution in [0.2, 0.25) is 0 Å². The molecule has 0 radical (unpaired) electrons. The molecule has 3 nitrogen and oxygen atoms in total. The van der Waals surface area contributed by atoms with Gasteiger partial charge in [0.25, 0.3) is 0 Å². The first-order valence-corrected chi connectivity index (χ1v) is 3.84. The van der Waals surface area contributed by atoms with Crippen molar-refractivity contribution in [3.05, 3.63) is 17.0 Å². The zero-order valence-electron chi connectivity index (χ0n) is 7.26. The van der Waals surface area contributed by atoms with E-state index < -0.39 is 0 Å². The second-order valence-electron chi connectivity index (χ2n) is 2.63. The minimum atomic E-state index is 0.0413. The Labute approximate surface area is 66.7 Å². The first-order chi connectivity index (χ1) is 5.20. The van der Waals surface area contributed by atoms with Gasteiger partial charge in [0.2, 0.25) is 0 Å². The van der Waals surface area contributed by atoms with Gasteiger partial charge in [-0.2, -0.15) is 5.10 Å². The molecule has 0 aliphatic carbocycles. The van der Waals surface area contributed by atoms with Gasteiger partial charge >= 0.3 is 0 Å². The summed E-state index contributed by atoms with van der Waals surface area (Å²) in [5.74, 6) is 0. The zero-order chi connectivity index (χ0) is 8.43. The van der Waals surface area contributed by atoms with Gasteiger partial charge < -0.3 is 5.11 Å². The second-order valence-corrected chi connectivity index (χ2v) is 2.63. The van der Waals surface area contributed by atoms with E-state index in [1.54, 1.807) is 0 Å². The maximum absolute atomic E-state index is 8.88. The largest absolute Gasteiger partial charge is 0.390 e. The fourth-order valence-electron chi connectivity index (χ4n) is 1.16. The molecule has 1 N–H and O–H groups in total. The molecular formula is C8H14N2O. The first kappa shape index (κ1) is 8.27. The minimum absolute atomic E-state index is 0.0413. The van der Waals surface area contributed by atoms with E-state index in [1.807, 2.05) is 25.5 Å². The van der Waals surface area contributed by atoms with Crippen LogP contribution in [0, 0.1) is 13.8 Å². The lowest BCUT2D eigenvalue weighted by Gasteiger charge is -1.96. The summed E-state index contributed by atoms with van der Waals surface area (Å²) in [6.07, 6.45) is 0. The van der Waals surface area contributed by atoms with Crippen molar-refractivity contribution in [2.24, 2.45) is 0 Å². The number of aliphatic hydroxyl groups is 1. The molecule has 0 aliphatic rings. The Morgan fingerprint density at radius 2 is 2.09 bits per heavy atom. The molecule has 11 heavy (non-hydrogen) atoms. The van der Waals surface area contributed by atoms with Gasteiger partial charge in [-0.25, -0.2) is 0 Å². The van der Waals surface area contributed by atoms with E-state index in [4.69, 9.17) is 5.11 Å². The van der Waals surface area contributed by atoms with Crippen molar-refractivity contribution in [3.63, 3.8) is 0 Å². The van der Waals surface area contributed by atoms with Crippen LogP contribution in [0.5, 0.6) is 0 Å². The van der Waals surface area contributed by atoms with E-state index in [0.29, 0.717) is 0 Å². The Bertz CT molecular complexity index is 228. The van der Waals surface area contributed by atoms with Crippen LogP contribution in [0.4, 0.5) is 0 Å². The summed E-state index contributed by atoms with van der Waals surface area (Å²) in [6.45, 7) is 6.96. The third kappa shape index (κ3) is 1.28. The number of hydrogen-bond donors (Lipinski definition) is 1. The third-order valence-electron chi connectivity index (χ3n) is 2.05. The van der Waals surface area contributed by atoms with E-state index in [9.17, 15) is 0 Å². The highest BCUT2D eigenvalue weighted by atomic mass is 16.3. The molecule has 0 saturated heterocycles. The molecule has 1 aromatic rings. The Kier molecular flexibility index (Phi) is 2.29. The number of nitrogens with zero attached hydrogens (tertiary/aromatic N) is 2. The molecule has 3 heteroatoms. The van der Waals surface area contributed by atoms with Crippen LogP contribution in [0.3, 0.4) is 0 Å². The molecule has 0 fully saturated rings. The average Bonchev–Trinajstić information content (AvgIpc) is 2.30. The maximum Gasteiger partial charge on any atom is 0.0910 e. The number of aliphatic hydroxyl groups excluding tert-OH is 1. The fraction of sp³-hybridized carbons (Fsp3) is 0.625. The van der Waals surface area contributed by atoms with Crippen molar-refractivity contribution in [3.8, 4) is 0 Å². The molecule has 0 saturated carbocycles. The Morgan fingerprint density at radius 1 is 1.45 bits per heavy atom. The molecule has 0 spiro atoms. The summed E-state index contributed by atoms with van der Waals surface area (Å²) >= 11 is 0. The van der Waals surface area contributed by atoms with Gasteiger partial charge in [-0.3, -0.25) is 4.68 Å². The monoisotopic (exact) mass is 154 g/mol. The van der Waals surface area contributed by atoms with Gasteiger partial charge in [-0.1, -0.05) is 0 Å². The Hall–Kier alpha value is -0.830. The summed E-state index contributed by atoms with van der Waals surface area (Å²) in [5, 5.41) is 13.1. The van der Waals surface area contributed by atoms with Crippen LogP contribution in [-0.2, 0) is 13.2 Å². The SMILES string of the molecule is CCn1nc(CO)c(C)c1C. The summed E-state index contributed by atoms with van der Waals surface area (Å²) in [5.41, 5.74) is 3.05. The van der Waals surface area contributed by atoms with E-state index >= 15 is 0 Å². The summed E-state index contributed by atoms with van der Waals surface area (Å²) in [7, 11) is 0. The molecule has 1 heterocycles. The van der Waals surface area contributed by atoms with Crippen molar-refractivity contribution in [2.45, 2.75) is 33.9 Å². The standard InChI is InChI=1S/C8H14N2O/c1-4-10-7(3)6(2)8(5-11)9-10/h11H,4-5H2,1-3H3. The quantitative estimate of drug-likeness (QED) is 0.690. The molecule has 0 aliphatic heterocycles. The van der Waals surface area contributed by atoms with Crippen molar-refractivity contribution in [2.75, 3.05) is 0 Å². The molecule has 1 rings (SSSR count). The van der Waals surface area contributed by atoms with Crippen LogP contribution in [0.1, 0.15) is 23.9 Å². The van der Waals surface area contributed by atoms with Gasteiger partial charge in [0.1, 0.15) is 0 Å². The molecule has 1 aromatic heterocycles. The van der Waals surface area contributed by atoms with Crippen molar-refractivity contribution in [1.29, 1.82) is 0 Å². The minimum Gasteiger partial charge on any atom is -0.390 e. The predicted octanol–water partition coefficient (Wildman–Crippen LogP) is 1.01. The summed E-state index contributed by atoms with van der Waals surface area (Å²) < 4.78 is 1.90. The van der Waals surface area contributed by atoms with E-state index in [0.717, 1.165) is 23.5 Å². The highest BCUT2D eigenvalue weighted by molar-refractivity contribution is 5.22. The molecule has 0 unspecified atom stereocenters. The molecular weight excluding hydrogens is 140 g/mol. The third-order valence-corrected chi connectivity index (χ3v) is 2.05. The molecule has 0 bridgehead atoms. The van der Waals surface area contributed by atoms with Gasteiger partial charge in [0.05, 0.1) is 12.3 Å². The van der Waals surface area contributed by atoms with Crippen LogP contribution in [-0.4, -0.2) is 14.9 Å². The van der Waals surface area contributed by atoms with Crippen LogP contribution < -0.4 is 0 Å². The highest BCUT2D eigenvalue weighted by Crippen LogP contribution is 2.11. The van der Waals surface area contributed by atoms with Gasteiger partial charge in [-0.15, -0.1) is 0 Å².